The number of piperidine rings is 1. The predicted octanol–water partition coefficient (Wildman–Crippen LogP) is 2.34. The standard InChI is InChI=1S/C21H32ClN3O5/c1-12(2)30-21(27)13(3)10-25-7-6-17(19(11-25)29-5)24-20(26)14-8-15(22)16(23)9-18(14)28-4/h8-9,12-13,17,19H,6-7,10-11,23H2,1-5H3,(H,24,26). The zero-order valence-corrected chi connectivity index (χ0v) is 19.0. The number of carbonyl (C=O) groups excluding carboxylic acids is 2. The molecular weight excluding hydrogens is 410 g/mol. The van der Waals surface area contributed by atoms with Crippen molar-refractivity contribution >= 4 is 29.2 Å². The van der Waals surface area contributed by atoms with Crippen LogP contribution in [0.5, 0.6) is 5.75 Å². The number of anilines is 1. The number of benzene rings is 1. The number of hydrogen-bond acceptors (Lipinski definition) is 7. The summed E-state index contributed by atoms with van der Waals surface area (Å²) in [5.74, 6) is -0.389. The van der Waals surface area contributed by atoms with Crippen LogP contribution in [-0.4, -0.2) is 68.9 Å². The first-order chi connectivity index (χ1) is 14.2. The SMILES string of the molecule is COc1cc(N)c(Cl)cc1C(=O)NC1CCN(CC(C)C(=O)OC(C)C)CC1OC. The van der Waals surface area contributed by atoms with Crippen LogP contribution < -0.4 is 15.8 Å². The molecule has 1 aromatic rings. The fourth-order valence-corrected chi connectivity index (χ4v) is 3.69. The summed E-state index contributed by atoms with van der Waals surface area (Å²) < 4.78 is 16.2. The van der Waals surface area contributed by atoms with Gasteiger partial charge in [0.05, 0.1) is 47.6 Å². The Bertz CT molecular complexity index is 758. The van der Waals surface area contributed by atoms with Crippen molar-refractivity contribution < 1.29 is 23.8 Å². The quantitative estimate of drug-likeness (QED) is 0.471. The van der Waals surface area contributed by atoms with E-state index in [4.69, 9.17) is 31.5 Å². The van der Waals surface area contributed by atoms with Gasteiger partial charge in [0.15, 0.2) is 0 Å². The Morgan fingerprint density at radius 1 is 1.30 bits per heavy atom. The van der Waals surface area contributed by atoms with Crippen molar-refractivity contribution in [3.05, 3.63) is 22.7 Å². The van der Waals surface area contributed by atoms with Crippen molar-refractivity contribution in [2.45, 2.75) is 45.4 Å². The zero-order valence-electron chi connectivity index (χ0n) is 18.2. The van der Waals surface area contributed by atoms with E-state index in [1.54, 1.807) is 7.11 Å². The Labute approximate surface area is 183 Å². The van der Waals surface area contributed by atoms with E-state index in [0.717, 1.165) is 6.54 Å². The molecule has 2 rings (SSSR count). The molecule has 1 aliphatic heterocycles. The van der Waals surface area contributed by atoms with Gasteiger partial charge in [-0.25, -0.2) is 0 Å². The second-order valence-electron chi connectivity index (χ2n) is 7.86. The fourth-order valence-electron chi connectivity index (χ4n) is 3.52. The Morgan fingerprint density at radius 3 is 2.60 bits per heavy atom. The first-order valence-corrected chi connectivity index (χ1v) is 10.4. The molecule has 1 fully saturated rings. The summed E-state index contributed by atoms with van der Waals surface area (Å²) >= 11 is 6.08. The summed E-state index contributed by atoms with van der Waals surface area (Å²) in [6.45, 7) is 7.43. The molecule has 1 heterocycles. The van der Waals surface area contributed by atoms with Crippen LogP contribution >= 0.6 is 11.6 Å². The number of methoxy groups -OCH3 is 2. The lowest BCUT2D eigenvalue weighted by Crippen LogP contribution is -2.55. The summed E-state index contributed by atoms with van der Waals surface area (Å²) in [6.07, 6.45) is 0.332. The highest BCUT2D eigenvalue weighted by atomic mass is 35.5. The maximum Gasteiger partial charge on any atom is 0.310 e. The average molecular weight is 442 g/mol. The largest absolute Gasteiger partial charge is 0.496 e. The minimum Gasteiger partial charge on any atom is -0.496 e. The molecule has 0 aliphatic carbocycles. The Hall–Kier alpha value is -2.03. The molecule has 168 valence electrons. The van der Waals surface area contributed by atoms with Crippen molar-refractivity contribution in [2.75, 3.05) is 39.6 Å². The van der Waals surface area contributed by atoms with Gasteiger partial charge < -0.3 is 25.3 Å². The van der Waals surface area contributed by atoms with E-state index in [2.05, 4.69) is 10.2 Å². The summed E-state index contributed by atoms with van der Waals surface area (Å²) in [5, 5.41) is 3.31. The van der Waals surface area contributed by atoms with E-state index >= 15 is 0 Å². The lowest BCUT2D eigenvalue weighted by atomic mass is 9.99. The summed E-state index contributed by atoms with van der Waals surface area (Å²) in [7, 11) is 3.09. The van der Waals surface area contributed by atoms with Crippen LogP contribution in [0.4, 0.5) is 5.69 Å². The summed E-state index contributed by atoms with van der Waals surface area (Å²) in [6, 6.07) is 2.85. The molecule has 0 bridgehead atoms. The van der Waals surface area contributed by atoms with Crippen molar-refractivity contribution in [3.63, 3.8) is 0 Å². The van der Waals surface area contributed by atoms with Crippen LogP contribution in [0.15, 0.2) is 12.1 Å². The number of amides is 1. The summed E-state index contributed by atoms with van der Waals surface area (Å²) in [4.78, 5) is 27.1. The molecule has 3 unspecified atom stereocenters. The molecule has 9 heteroatoms. The van der Waals surface area contributed by atoms with Gasteiger partial charge in [-0.3, -0.25) is 14.5 Å². The number of nitrogens with two attached hydrogens (primary N) is 1. The fraction of sp³-hybridized carbons (Fsp3) is 0.619. The molecule has 0 saturated carbocycles. The molecule has 1 aliphatic rings. The minimum atomic E-state index is -0.303. The third kappa shape index (κ3) is 6.23. The first-order valence-electron chi connectivity index (χ1n) is 10.1. The molecule has 1 saturated heterocycles. The monoisotopic (exact) mass is 441 g/mol. The predicted molar refractivity (Wildman–Crippen MR) is 116 cm³/mol. The molecule has 3 atom stereocenters. The number of nitrogens with zero attached hydrogens (tertiary/aromatic N) is 1. The van der Waals surface area contributed by atoms with E-state index in [0.29, 0.717) is 41.5 Å². The van der Waals surface area contributed by atoms with Gasteiger partial charge in [0.1, 0.15) is 5.75 Å². The van der Waals surface area contributed by atoms with E-state index < -0.39 is 0 Å². The number of nitrogen functional groups attached to an aromatic ring is 1. The Kier molecular flexibility index (Phi) is 8.76. The number of ether oxygens (including phenoxy) is 3. The minimum absolute atomic E-state index is 0.133. The number of hydrogen-bond donors (Lipinski definition) is 2. The smallest absolute Gasteiger partial charge is 0.310 e. The van der Waals surface area contributed by atoms with E-state index in [1.807, 2.05) is 20.8 Å². The van der Waals surface area contributed by atoms with Crippen LogP contribution in [0.1, 0.15) is 37.6 Å². The van der Waals surface area contributed by atoms with Crippen LogP contribution in [0.3, 0.4) is 0 Å². The topological polar surface area (TPSA) is 103 Å². The molecule has 1 amide bonds. The van der Waals surface area contributed by atoms with Gasteiger partial charge in [0.25, 0.3) is 5.91 Å². The lowest BCUT2D eigenvalue weighted by Gasteiger charge is -2.38. The van der Waals surface area contributed by atoms with Crippen LogP contribution in [0, 0.1) is 5.92 Å². The van der Waals surface area contributed by atoms with Crippen molar-refractivity contribution in [1.82, 2.24) is 10.2 Å². The van der Waals surface area contributed by atoms with Crippen molar-refractivity contribution in [3.8, 4) is 5.75 Å². The molecule has 8 nitrogen and oxygen atoms in total. The Morgan fingerprint density at radius 2 is 2.00 bits per heavy atom. The third-order valence-electron chi connectivity index (χ3n) is 5.11. The molecule has 1 aromatic carbocycles. The number of nitrogens with one attached hydrogen (secondary N) is 1. The van der Waals surface area contributed by atoms with Crippen molar-refractivity contribution in [1.29, 1.82) is 0 Å². The second kappa shape index (κ2) is 10.8. The van der Waals surface area contributed by atoms with Gasteiger partial charge in [-0.1, -0.05) is 18.5 Å². The third-order valence-corrected chi connectivity index (χ3v) is 5.44. The molecule has 0 radical (unpaired) electrons. The van der Waals surface area contributed by atoms with Gasteiger partial charge in [0, 0.05) is 32.8 Å². The van der Waals surface area contributed by atoms with Gasteiger partial charge in [0.2, 0.25) is 0 Å². The summed E-state index contributed by atoms with van der Waals surface area (Å²) in [5.41, 5.74) is 6.46. The van der Waals surface area contributed by atoms with Gasteiger partial charge >= 0.3 is 5.97 Å². The average Bonchev–Trinajstić information content (AvgIpc) is 2.69. The van der Waals surface area contributed by atoms with Gasteiger partial charge in [-0.05, 0) is 26.3 Å². The number of halogens is 1. The van der Waals surface area contributed by atoms with Crippen LogP contribution in [0.2, 0.25) is 5.02 Å². The highest BCUT2D eigenvalue weighted by molar-refractivity contribution is 6.33. The Balaban J connectivity index is 2.00. The van der Waals surface area contributed by atoms with E-state index in [-0.39, 0.29) is 36.0 Å². The first kappa shape index (κ1) is 24.2. The van der Waals surface area contributed by atoms with Gasteiger partial charge in [-0.2, -0.15) is 0 Å². The maximum atomic E-state index is 12.8. The van der Waals surface area contributed by atoms with E-state index in [1.165, 1.54) is 19.2 Å². The number of carbonyl (C=O) groups is 2. The molecule has 30 heavy (non-hydrogen) atoms. The molecule has 0 spiro atoms. The lowest BCUT2D eigenvalue weighted by molar-refractivity contribution is -0.152. The van der Waals surface area contributed by atoms with Crippen LogP contribution in [-0.2, 0) is 14.3 Å². The normalized spacial score (nSPS) is 20.6. The zero-order chi connectivity index (χ0) is 22.4. The number of likely N-dealkylation sites (tertiary alicyclic amines) is 1. The van der Waals surface area contributed by atoms with E-state index in [9.17, 15) is 9.59 Å². The highest BCUT2D eigenvalue weighted by Gasteiger charge is 2.32. The number of rotatable bonds is 8. The van der Waals surface area contributed by atoms with Gasteiger partial charge in [-0.15, -0.1) is 0 Å². The van der Waals surface area contributed by atoms with Crippen LogP contribution in [0.25, 0.3) is 0 Å². The second-order valence-corrected chi connectivity index (χ2v) is 8.27. The maximum absolute atomic E-state index is 12.8. The molecular formula is C21H32ClN3O5. The molecule has 0 aromatic heterocycles. The number of esters is 1. The highest BCUT2D eigenvalue weighted by Crippen LogP contribution is 2.29. The van der Waals surface area contributed by atoms with Crippen molar-refractivity contribution in [2.24, 2.45) is 5.92 Å². The molecule has 3 N–H and O–H groups in total.